The van der Waals surface area contributed by atoms with Crippen molar-refractivity contribution < 1.29 is 9.59 Å². The topological polar surface area (TPSA) is 75.4 Å². The molecule has 0 aromatic heterocycles. The predicted molar refractivity (Wildman–Crippen MR) is 68.7 cm³/mol. The SMILES string of the molecule is CC(N)CC(=O)N1CCC(NC(=O)C2CC2)CC1. The number of hydrogen-bond donors (Lipinski definition) is 2. The van der Waals surface area contributed by atoms with E-state index in [2.05, 4.69) is 5.32 Å². The number of carbonyl (C=O) groups excluding carboxylic acids is 2. The van der Waals surface area contributed by atoms with Crippen molar-refractivity contribution in [3.63, 3.8) is 0 Å². The van der Waals surface area contributed by atoms with Crippen LogP contribution in [-0.2, 0) is 9.59 Å². The van der Waals surface area contributed by atoms with Gasteiger partial charge in [-0.05, 0) is 32.6 Å². The Hall–Kier alpha value is -1.10. The lowest BCUT2D eigenvalue weighted by atomic mass is 10.0. The maximum Gasteiger partial charge on any atom is 0.224 e. The molecule has 2 amide bonds. The molecule has 18 heavy (non-hydrogen) atoms. The maximum atomic E-state index is 11.8. The van der Waals surface area contributed by atoms with Gasteiger partial charge in [-0.1, -0.05) is 0 Å². The molecular formula is C13H23N3O2. The number of hydrogen-bond acceptors (Lipinski definition) is 3. The molecular weight excluding hydrogens is 230 g/mol. The molecule has 0 radical (unpaired) electrons. The van der Waals surface area contributed by atoms with Crippen LogP contribution in [0.25, 0.3) is 0 Å². The minimum absolute atomic E-state index is 0.0789. The first-order valence-electron chi connectivity index (χ1n) is 6.90. The molecule has 2 aliphatic rings. The molecule has 5 nitrogen and oxygen atoms in total. The standard InChI is InChI=1S/C13H23N3O2/c1-9(14)8-12(17)16-6-4-11(5-7-16)15-13(18)10-2-3-10/h9-11H,2-8,14H2,1H3,(H,15,18). The van der Waals surface area contributed by atoms with Crippen LogP contribution in [0.2, 0.25) is 0 Å². The van der Waals surface area contributed by atoms with Crippen molar-refractivity contribution in [1.29, 1.82) is 0 Å². The lowest BCUT2D eigenvalue weighted by molar-refractivity contribution is -0.132. The molecule has 0 aromatic rings. The third kappa shape index (κ3) is 3.70. The molecule has 1 heterocycles. The number of nitrogens with zero attached hydrogens (tertiary/aromatic N) is 1. The Kier molecular flexibility index (Phi) is 4.22. The molecule has 1 saturated carbocycles. The highest BCUT2D eigenvalue weighted by molar-refractivity contribution is 5.81. The molecule has 1 saturated heterocycles. The smallest absolute Gasteiger partial charge is 0.224 e. The summed E-state index contributed by atoms with van der Waals surface area (Å²) in [6.45, 7) is 3.32. The third-order valence-corrected chi connectivity index (χ3v) is 3.64. The number of amides is 2. The first kappa shape index (κ1) is 13.3. The minimum Gasteiger partial charge on any atom is -0.353 e. The molecule has 1 unspecified atom stereocenters. The van der Waals surface area contributed by atoms with E-state index in [-0.39, 0.29) is 29.8 Å². The second-order valence-corrected chi connectivity index (χ2v) is 5.62. The average Bonchev–Trinajstić information content (AvgIpc) is 3.12. The predicted octanol–water partition coefficient (Wildman–Crippen LogP) is 0.241. The van der Waals surface area contributed by atoms with Crippen molar-refractivity contribution in [3.8, 4) is 0 Å². The second-order valence-electron chi connectivity index (χ2n) is 5.62. The van der Waals surface area contributed by atoms with Crippen molar-refractivity contribution in [3.05, 3.63) is 0 Å². The summed E-state index contributed by atoms with van der Waals surface area (Å²) in [4.78, 5) is 25.3. The van der Waals surface area contributed by atoms with E-state index < -0.39 is 0 Å². The van der Waals surface area contributed by atoms with Crippen LogP contribution in [-0.4, -0.2) is 41.9 Å². The molecule has 0 aromatic carbocycles. The van der Waals surface area contributed by atoms with Crippen LogP contribution in [0.1, 0.15) is 39.0 Å². The highest BCUT2D eigenvalue weighted by Gasteiger charge is 2.32. The number of likely N-dealkylation sites (tertiary alicyclic amines) is 1. The van der Waals surface area contributed by atoms with Crippen LogP contribution in [0.5, 0.6) is 0 Å². The van der Waals surface area contributed by atoms with Crippen LogP contribution in [0.3, 0.4) is 0 Å². The molecule has 1 atom stereocenters. The summed E-state index contributed by atoms with van der Waals surface area (Å²) in [5.74, 6) is 0.607. The van der Waals surface area contributed by atoms with Gasteiger partial charge in [0.15, 0.2) is 0 Å². The van der Waals surface area contributed by atoms with Gasteiger partial charge < -0.3 is 16.0 Å². The zero-order valence-electron chi connectivity index (χ0n) is 11.0. The van der Waals surface area contributed by atoms with Gasteiger partial charge in [-0.3, -0.25) is 9.59 Å². The van der Waals surface area contributed by atoms with Gasteiger partial charge in [-0.15, -0.1) is 0 Å². The summed E-state index contributed by atoms with van der Waals surface area (Å²) < 4.78 is 0. The van der Waals surface area contributed by atoms with E-state index in [1.54, 1.807) is 0 Å². The Balaban J connectivity index is 1.70. The Morgan fingerprint density at radius 1 is 1.28 bits per heavy atom. The Bertz CT molecular complexity index is 318. The summed E-state index contributed by atoms with van der Waals surface area (Å²) in [6.07, 6.45) is 4.22. The number of carbonyl (C=O) groups is 2. The van der Waals surface area contributed by atoms with E-state index in [1.165, 1.54) is 0 Å². The number of nitrogens with one attached hydrogen (secondary N) is 1. The highest BCUT2D eigenvalue weighted by atomic mass is 16.2. The molecule has 3 N–H and O–H groups in total. The normalized spacial score (nSPS) is 22.7. The van der Waals surface area contributed by atoms with Crippen molar-refractivity contribution in [1.82, 2.24) is 10.2 Å². The summed E-state index contributed by atoms with van der Waals surface area (Å²) in [6, 6.07) is 0.169. The molecule has 2 fully saturated rings. The van der Waals surface area contributed by atoms with Crippen LogP contribution >= 0.6 is 0 Å². The Labute approximate surface area is 108 Å². The van der Waals surface area contributed by atoms with E-state index in [9.17, 15) is 9.59 Å². The van der Waals surface area contributed by atoms with Crippen molar-refractivity contribution in [2.75, 3.05) is 13.1 Å². The van der Waals surface area contributed by atoms with Crippen LogP contribution in [0, 0.1) is 5.92 Å². The van der Waals surface area contributed by atoms with Gasteiger partial charge in [0.25, 0.3) is 0 Å². The molecule has 102 valence electrons. The van der Waals surface area contributed by atoms with Crippen LogP contribution < -0.4 is 11.1 Å². The van der Waals surface area contributed by atoms with Crippen molar-refractivity contribution >= 4 is 11.8 Å². The van der Waals surface area contributed by atoms with Gasteiger partial charge >= 0.3 is 0 Å². The van der Waals surface area contributed by atoms with Crippen molar-refractivity contribution in [2.24, 2.45) is 11.7 Å². The van der Waals surface area contributed by atoms with E-state index >= 15 is 0 Å². The number of rotatable bonds is 4. The van der Waals surface area contributed by atoms with Gasteiger partial charge in [0.2, 0.25) is 11.8 Å². The third-order valence-electron chi connectivity index (χ3n) is 3.64. The quantitative estimate of drug-likeness (QED) is 0.753. The fraction of sp³-hybridized carbons (Fsp3) is 0.846. The van der Waals surface area contributed by atoms with Gasteiger partial charge in [-0.2, -0.15) is 0 Å². The van der Waals surface area contributed by atoms with E-state index in [0.29, 0.717) is 6.42 Å². The van der Waals surface area contributed by atoms with E-state index in [4.69, 9.17) is 5.73 Å². The monoisotopic (exact) mass is 253 g/mol. The van der Waals surface area contributed by atoms with Crippen LogP contribution in [0.4, 0.5) is 0 Å². The minimum atomic E-state index is -0.0789. The first-order valence-corrected chi connectivity index (χ1v) is 6.90. The molecule has 2 rings (SSSR count). The molecule has 5 heteroatoms. The number of nitrogens with two attached hydrogens (primary N) is 1. The Morgan fingerprint density at radius 3 is 2.39 bits per heavy atom. The molecule has 1 aliphatic carbocycles. The lowest BCUT2D eigenvalue weighted by Crippen LogP contribution is -2.47. The molecule has 0 spiro atoms. The number of piperidine rings is 1. The summed E-state index contributed by atoms with van der Waals surface area (Å²) >= 11 is 0. The van der Waals surface area contributed by atoms with Gasteiger partial charge in [0.05, 0.1) is 0 Å². The Morgan fingerprint density at radius 2 is 1.89 bits per heavy atom. The van der Waals surface area contributed by atoms with E-state index in [0.717, 1.165) is 38.8 Å². The van der Waals surface area contributed by atoms with Gasteiger partial charge in [-0.25, -0.2) is 0 Å². The zero-order valence-corrected chi connectivity index (χ0v) is 11.0. The zero-order chi connectivity index (χ0) is 13.1. The maximum absolute atomic E-state index is 11.8. The summed E-state index contributed by atoms with van der Waals surface area (Å²) in [7, 11) is 0. The summed E-state index contributed by atoms with van der Waals surface area (Å²) in [5, 5.41) is 3.08. The van der Waals surface area contributed by atoms with Gasteiger partial charge in [0, 0.05) is 37.5 Å². The first-order chi connectivity index (χ1) is 8.56. The average molecular weight is 253 g/mol. The largest absolute Gasteiger partial charge is 0.353 e. The highest BCUT2D eigenvalue weighted by Crippen LogP contribution is 2.29. The fourth-order valence-corrected chi connectivity index (χ4v) is 2.34. The van der Waals surface area contributed by atoms with E-state index in [1.807, 2.05) is 11.8 Å². The fourth-order valence-electron chi connectivity index (χ4n) is 2.34. The van der Waals surface area contributed by atoms with Gasteiger partial charge in [0.1, 0.15) is 0 Å². The summed E-state index contributed by atoms with van der Waals surface area (Å²) in [5.41, 5.74) is 5.63. The van der Waals surface area contributed by atoms with Crippen molar-refractivity contribution in [2.45, 2.75) is 51.1 Å². The lowest BCUT2D eigenvalue weighted by Gasteiger charge is -2.32. The second kappa shape index (κ2) is 5.69. The molecule has 0 bridgehead atoms. The molecule has 1 aliphatic heterocycles. The van der Waals surface area contributed by atoms with Crippen LogP contribution in [0.15, 0.2) is 0 Å².